The largest absolute Gasteiger partial charge is 0.497 e. The molecule has 0 radical (unpaired) electrons. The van der Waals surface area contributed by atoms with Gasteiger partial charge in [-0.2, -0.15) is 0 Å². The summed E-state index contributed by atoms with van der Waals surface area (Å²) in [6.45, 7) is 5.92. The maximum Gasteiger partial charge on any atom is 0.338 e. The second-order valence-electron chi connectivity index (χ2n) is 7.83. The molecule has 2 aromatic carbocycles. The van der Waals surface area contributed by atoms with E-state index in [1.807, 2.05) is 13.8 Å². The molecule has 36 heavy (non-hydrogen) atoms. The van der Waals surface area contributed by atoms with E-state index in [2.05, 4.69) is 5.32 Å². The van der Waals surface area contributed by atoms with Crippen molar-refractivity contribution in [2.24, 2.45) is 0 Å². The average Bonchev–Trinajstić information content (AvgIpc) is 3.16. The van der Waals surface area contributed by atoms with Gasteiger partial charge in [0.15, 0.2) is 5.16 Å². The Morgan fingerprint density at radius 3 is 2.42 bits per heavy atom. The molecule has 186 valence electrons. The van der Waals surface area contributed by atoms with Crippen LogP contribution < -0.4 is 15.6 Å². The number of methoxy groups -OCH3 is 1. The van der Waals surface area contributed by atoms with E-state index in [0.29, 0.717) is 44.7 Å². The van der Waals surface area contributed by atoms with Crippen LogP contribution in [-0.4, -0.2) is 40.9 Å². The summed E-state index contributed by atoms with van der Waals surface area (Å²) < 4.78 is 11.8. The third kappa shape index (κ3) is 5.29. The third-order valence-corrected chi connectivity index (χ3v) is 7.55. The number of thioether (sulfide) groups is 1. The van der Waals surface area contributed by atoms with Crippen LogP contribution in [0.25, 0.3) is 15.9 Å². The van der Waals surface area contributed by atoms with Crippen LogP contribution in [-0.2, 0) is 9.53 Å². The zero-order chi connectivity index (χ0) is 25.8. The monoisotopic (exact) mass is 523 g/mol. The van der Waals surface area contributed by atoms with Gasteiger partial charge in [-0.05, 0) is 74.9 Å². The number of nitrogens with one attached hydrogen (secondary N) is 1. The van der Waals surface area contributed by atoms with E-state index in [1.54, 1.807) is 62.6 Å². The minimum Gasteiger partial charge on any atom is -0.497 e. The summed E-state index contributed by atoms with van der Waals surface area (Å²) in [5, 5.41) is 3.82. The molecular weight excluding hydrogens is 498 g/mol. The molecule has 0 fully saturated rings. The van der Waals surface area contributed by atoms with E-state index in [0.717, 1.165) is 10.4 Å². The van der Waals surface area contributed by atoms with E-state index in [1.165, 1.54) is 27.7 Å². The molecule has 0 saturated heterocycles. The van der Waals surface area contributed by atoms with Crippen LogP contribution in [0, 0.1) is 13.8 Å². The minimum absolute atomic E-state index is 0.0388. The number of fused-ring (bicyclic) bond motifs is 1. The Morgan fingerprint density at radius 2 is 1.78 bits per heavy atom. The number of amides is 1. The van der Waals surface area contributed by atoms with Crippen molar-refractivity contribution in [1.82, 2.24) is 9.55 Å². The summed E-state index contributed by atoms with van der Waals surface area (Å²) in [6, 6.07) is 13.6. The first-order valence-corrected chi connectivity index (χ1v) is 13.0. The Bertz CT molecular complexity index is 1470. The molecule has 0 aliphatic carbocycles. The SMILES string of the molecule is CCOC(=O)c1ccc(NC(=O)CSc2nc3sc(C)c(C)c3c(=O)n2-c2ccc(OC)cc2)cc1. The van der Waals surface area contributed by atoms with Gasteiger partial charge in [-0.25, -0.2) is 9.78 Å². The number of anilines is 1. The lowest BCUT2D eigenvalue weighted by molar-refractivity contribution is -0.113. The molecule has 0 unspecified atom stereocenters. The molecule has 0 aliphatic rings. The zero-order valence-electron chi connectivity index (χ0n) is 20.3. The van der Waals surface area contributed by atoms with Crippen LogP contribution in [0.4, 0.5) is 5.69 Å². The number of benzene rings is 2. The summed E-state index contributed by atoms with van der Waals surface area (Å²) in [5.74, 6) is 0.0313. The standard InChI is InChI=1S/C26H25N3O5S2/c1-5-34-25(32)17-6-8-18(9-7-17)27-21(30)14-35-26-28-23-22(15(2)16(3)36-23)24(31)29(26)19-10-12-20(33-4)13-11-19/h6-13H,5,14H2,1-4H3,(H,27,30). The van der Waals surface area contributed by atoms with Crippen LogP contribution in [0.3, 0.4) is 0 Å². The number of thiophene rings is 1. The van der Waals surface area contributed by atoms with Crippen molar-refractivity contribution in [3.63, 3.8) is 0 Å². The maximum atomic E-state index is 13.6. The van der Waals surface area contributed by atoms with Crippen molar-refractivity contribution in [1.29, 1.82) is 0 Å². The number of aromatic nitrogens is 2. The smallest absolute Gasteiger partial charge is 0.338 e. The van der Waals surface area contributed by atoms with Crippen LogP contribution >= 0.6 is 23.1 Å². The molecule has 4 aromatic rings. The second-order valence-corrected chi connectivity index (χ2v) is 9.98. The number of hydrogen-bond donors (Lipinski definition) is 1. The highest BCUT2D eigenvalue weighted by atomic mass is 32.2. The normalized spacial score (nSPS) is 10.9. The highest BCUT2D eigenvalue weighted by molar-refractivity contribution is 7.99. The van der Waals surface area contributed by atoms with Crippen LogP contribution in [0.1, 0.15) is 27.7 Å². The van der Waals surface area contributed by atoms with Crippen molar-refractivity contribution in [2.45, 2.75) is 25.9 Å². The molecule has 0 aliphatic heterocycles. The number of aryl methyl sites for hydroxylation is 2. The molecular formula is C26H25N3O5S2. The number of esters is 1. The van der Waals surface area contributed by atoms with E-state index in [-0.39, 0.29) is 17.2 Å². The third-order valence-electron chi connectivity index (χ3n) is 5.51. The number of rotatable bonds is 8. The number of ether oxygens (including phenoxy) is 2. The van der Waals surface area contributed by atoms with Crippen molar-refractivity contribution >= 4 is 50.9 Å². The molecule has 0 spiro atoms. The van der Waals surface area contributed by atoms with Crippen molar-refractivity contribution < 1.29 is 19.1 Å². The number of nitrogens with zero attached hydrogens (tertiary/aromatic N) is 2. The van der Waals surface area contributed by atoms with Gasteiger partial charge in [0.05, 0.1) is 36.1 Å². The van der Waals surface area contributed by atoms with Gasteiger partial charge < -0.3 is 14.8 Å². The first-order chi connectivity index (χ1) is 17.3. The van der Waals surface area contributed by atoms with E-state index in [4.69, 9.17) is 14.5 Å². The summed E-state index contributed by atoms with van der Waals surface area (Å²) in [6.07, 6.45) is 0. The van der Waals surface area contributed by atoms with Gasteiger partial charge in [0.2, 0.25) is 5.91 Å². The van der Waals surface area contributed by atoms with Gasteiger partial charge in [0.25, 0.3) is 5.56 Å². The summed E-state index contributed by atoms with van der Waals surface area (Å²) in [7, 11) is 1.58. The molecule has 4 rings (SSSR count). The van der Waals surface area contributed by atoms with E-state index < -0.39 is 5.97 Å². The fourth-order valence-corrected chi connectivity index (χ4v) is 5.45. The fourth-order valence-electron chi connectivity index (χ4n) is 3.56. The molecule has 0 atom stereocenters. The second kappa shape index (κ2) is 11.0. The lowest BCUT2D eigenvalue weighted by Crippen LogP contribution is -2.22. The molecule has 1 N–H and O–H groups in total. The quantitative estimate of drug-likeness (QED) is 0.198. The summed E-state index contributed by atoms with van der Waals surface area (Å²) in [5.41, 5.74) is 2.33. The molecule has 2 aromatic heterocycles. The Balaban J connectivity index is 1.59. The van der Waals surface area contributed by atoms with Crippen molar-refractivity contribution in [2.75, 3.05) is 24.8 Å². The lowest BCUT2D eigenvalue weighted by atomic mass is 10.2. The number of carbonyl (C=O) groups is 2. The predicted molar refractivity (Wildman–Crippen MR) is 143 cm³/mol. The Morgan fingerprint density at radius 1 is 1.08 bits per heavy atom. The molecule has 2 heterocycles. The molecule has 8 nitrogen and oxygen atoms in total. The number of hydrogen-bond acceptors (Lipinski definition) is 8. The topological polar surface area (TPSA) is 99.5 Å². The Hall–Kier alpha value is -3.63. The first-order valence-electron chi connectivity index (χ1n) is 11.2. The van der Waals surface area contributed by atoms with Crippen LogP contribution in [0.15, 0.2) is 58.5 Å². The zero-order valence-corrected chi connectivity index (χ0v) is 21.9. The van der Waals surface area contributed by atoms with Crippen LogP contribution in [0.2, 0.25) is 0 Å². The Labute approximate surface area is 216 Å². The van der Waals surface area contributed by atoms with Gasteiger partial charge in [0.1, 0.15) is 10.6 Å². The van der Waals surface area contributed by atoms with E-state index >= 15 is 0 Å². The summed E-state index contributed by atoms with van der Waals surface area (Å²) >= 11 is 2.64. The molecule has 10 heteroatoms. The van der Waals surface area contributed by atoms with E-state index in [9.17, 15) is 14.4 Å². The minimum atomic E-state index is -0.414. The first kappa shape index (κ1) is 25.5. The molecule has 0 bridgehead atoms. The van der Waals surface area contributed by atoms with Crippen LogP contribution in [0.5, 0.6) is 5.75 Å². The molecule has 1 amide bonds. The maximum absolute atomic E-state index is 13.6. The summed E-state index contributed by atoms with van der Waals surface area (Å²) in [4.78, 5) is 44.5. The van der Waals surface area contributed by atoms with Crippen molar-refractivity contribution in [3.05, 3.63) is 74.9 Å². The van der Waals surface area contributed by atoms with Gasteiger partial charge >= 0.3 is 5.97 Å². The molecule has 0 saturated carbocycles. The fraction of sp³-hybridized carbons (Fsp3) is 0.231. The lowest BCUT2D eigenvalue weighted by Gasteiger charge is -2.13. The number of carbonyl (C=O) groups excluding carboxylic acids is 2. The highest BCUT2D eigenvalue weighted by Gasteiger charge is 2.19. The Kier molecular flexibility index (Phi) is 7.76. The van der Waals surface area contributed by atoms with Gasteiger partial charge in [-0.3, -0.25) is 14.2 Å². The predicted octanol–water partition coefficient (Wildman–Crippen LogP) is 4.98. The van der Waals surface area contributed by atoms with Gasteiger partial charge in [0, 0.05) is 10.6 Å². The van der Waals surface area contributed by atoms with Gasteiger partial charge in [-0.1, -0.05) is 11.8 Å². The average molecular weight is 524 g/mol. The van der Waals surface area contributed by atoms with Crippen molar-refractivity contribution in [3.8, 4) is 11.4 Å². The highest BCUT2D eigenvalue weighted by Crippen LogP contribution is 2.30. The van der Waals surface area contributed by atoms with Gasteiger partial charge in [-0.15, -0.1) is 11.3 Å².